The molecule has 0 radical (unpaired) electrons. The van der Waals surface area contributed by atoms with Gasteiger partial charge in [0, 0.05) is 21.5 Å². The number of nitrogens with zero attached hydrogens (tertiary/aromatic N) is 1. The molecule has 108 valence electrons. The molecule has 1 aromatic heterocycles. The predicted octanol–water partition coefficient (Wildman–Crippen LogP) is 4.77. The van der Waals surface area contributed by atoms with Gasteiger partial charge in [0.1, 0.15) is 10.8 Å². The number of aryl methyl sites for hydroxylation is 1. The smallest absolute Gasteiger partial charge is 0.125 e. The third-order valence-electron chi connectivity index (χ3n) is 2.96. The summed E-state index contributed by atoms with van der Waals surface area (Å²) in [6.07, 6.45) is 2.06. The molecule has 2 nitrogen and oxygen atoms in total. The minimum atomic E-state index is -0.237. The third-order valence-corrected chi connectivity index (χ3v) is 4.75. The van der Waals surface area contributed by atoms with Crippen molar-refractivity contribution in [2.24, 2.45) is 0 Å². The van der Waals surface area contributed by atoms with Crippen LogP contribution in [0.3, 0.4) is 0 Å². The lowest BCUT2D eigenvalue weighted by Gasteiger charge is -2.00. The number of hydrogen-bond acceptors (Lipinski definition) is 3. The fourth-order valence-corrected chi connectivity index (χ4v) is 3.76. The van der Waals surface area contributed by atoms with Crippen molar-refractivity contribution >= 4 is 27.3 Å². The van der Waals surface area contributed by atoms with Gasteiger partial charge in [-0.2, -0.15) is 0 Å². The Morgan fingerprint density at radius 1 is 1.35 bits per heavy atom. The van der Waals surface area contributed by atoms with E-state index in [-0.39, 0.29) is 5.82 Å². The Balaban J connectivity index is 2.36. The number of hydrogen-bond donors (Lipinski definition) is 1. The minimum absolute atomic E-state index is 0.237. The van der Waals surface area contributed by atoms with Gasteiger partial charge < -0.3 is 5.32 Å². The fraction of sp³-hybridized carbons (Fsp3) is 0.400. The van der Waals surface area contributed by atoms with Gasteiger partial charge in [-0.05, 0) is 47.1 Å². The maximum atomic E-state index is 13.2. The van der Waals surface area contributed by atoms with Crippen molar-refractivity contribution in [3.05, 3.63) is 39.1 Å². The number of aromatic nitrogens is 1. The van der Waals surface area contributed by atoms with Crippen LogP contribution in [0.25, 0.3) is 10.6 Å². The Hall–Kier alpha value is -0.780. The van der Waals surface area contributed by atoms with E-state index in [0.717, 1.165) is 46.7 Å². The van der Waals surface area contributed by atoms with Crippen LogP contribution in [0.1, 0.15) is 30.8 Å². The zero-order valence-electron chi connectivity index (χ0n) is 11.7. The molecule has 0 aliphatic heterocycles. The molecule has 1 heterocycles. The van der Waals surface area contributed by atoms with Gasteiger partial charge in [0.25, 0.3) is 0 Å². The van der Waals surface area contributed by atoms with Crippen LogP contribution in [-0.4, -0.2) is 11.5 Å². The molecular weight excluding hydrogens is 339 g/mol. The standard InChI is InChI=1S/C15H18BrFN2S/c1-3-5-13-14(9-18-4-2)20-15(19-13)11-7-6-10(17)8-12(11)16/h6-8,18H,3-5,9H2,1-2H3. The highest BCUT2D eigenvalue weighted by atomic mass is 79.9. The SMILES string of the molecule is CCCc1nc(-c2ccc(F)cc2Br)sc1CNCC. The van der Waals surface area contributed by atoms with E-state index in [9.17, 15) is 4.39 Å². The van der Waals surface area contributed by atoms with Crippen LogP contribution in [0.5, 0.6) is 0 Å². The van der Waals surface area contributed by atoms with E-state index in [1.807, 2.05) is 0 Å². The normalized spacial score (nSPS) is 11.0. The summed E-state index contributed by atoms with van der Waals surface area (Å²) in [5.41, 5.74) is 2.11. The van der Waals surface area contributed by atoms with E-state index in [1.54, 1.807) is 17.4 Å². The molecule has 0 saturated carbocycles. The van der Waals surface area contributed by atoms with E-state index in [2.05, 4.69) is 35.1 Å². The quantitative estimate of drug-likeness (QED) is 0.805. The highest BCUT2D eigenvalue weighted by molar-refractivity contribution is 9.10. The lowest BCUT2D eigenvalue weighted by Crippen LogP contribution is -2.11. The Labute approximate surface area is 131 Å². The molecule has 0 amide bonds. The molecule has 5 heteroatoms. The van der Waals surface area contributed by atoms with Crippen molar-refractivity contribution in [3.8, 4) is 10.6 Å². The highest BCUT2D eigenvalue weighted by Gasteiger charge is 2.14. The molecule has 0 unspecified atom stereocenters. The molecule has 2 rings (SSSR count). The molecule has 0 saturated heterocycles. The monoisotopic (exact) mass is 356 g/mol. The van der Waals surface area contributed by atoms with Crippen molar-refractivity contribution in [2.75, 3.05) is 6.54 Å². The first-order valence-corrected chi connectivity index (χ1v) is 8.41. The summed E-state index contributed by atoms with van der Waals surface area (Å²) in [5, 5.41) is 4.30. The van der Waals surface area contributed by atoms with Crippen molar-refractivity contribution in [2.45, 2.75) is 33.2 Å². The molecule has 0 bridgehead atoms. The predicted molar refractivity (Wildman–Crippen MR) is 86.6 cm³/mol. The van der Waals surface area contributed by atoms with Gasteiger partial charge in [0.15, 0.2) is 0 Å². The average Bonchev–Trinajstić information content (AvgIpc) is 2.80. The van der Waals surface area contributed by atoms with E-state index < -0.39 is 0 Å². The number of halogens is 2. The molecule has 0 fully saturated rings. The van der Waals surface area contributed by atoms with Crippen LogP contribution in [-0.2, 0) is 13.0 Å². The van der Waals surface area contributed by atoms with Crippen molar-refractivity contribution in [1.82, 2.24) is 10.3 Å². The molecule has 0 atom stereocenters. The van der Waals surface area contributed by atoms with Crippen LogP contribution >= 0.6 is 27.3 Å². The van der Waals surface area contributed by atoms with E-state index in [4.69, 9.17) is 4.98 Å². The number of rotatable bonds is 6. The number of nitrogens with one attached hydrogen (secondary N) is 1. The Morgan fingerprint density at radius 3 is 2.80 bits per heavy atom. The van der Waals surface area contributed by atoms with Crippen molar-refractivity contribution in [1.29, 1.82) is 0 Å². The van der Waals surface area contributed by atoms with Crippen molar-refractivity contribution < 1.29 is 4.39 Å². The van der Waals surface area contributed by atoms with Gasteiger partial charge in [0.05, 0.1) is 5.69 Å². The van der Waals surface area contributed by atoms with Crippen LogP contribution < -0.4 is 5.32 Å². The highest BCUT2D eigenvalue weighted by Crippen LogP contribution is 2.34. The summed E-state index contributed by atoms with van der Waals surface area (Å²) >= 11 is 5.11. The van der Waals surface area contributed by atoms with Crippen LogP contribution in [0.2, 0.25) is 0 Å². The third kappa shape index (κ3) is 3.65. The average molecular weight is 357 g/mol. The Morgan fingerprint density at radius 2 is 2.15 bits per heavy atom. The Kier molecular flexibility index (Phi) is 5.69. The number of thiazole rings is 1. The first kappa shape index (κ1) is 15.6. The molecular formula is C15H18BrFN2S. The van der Waals surface area contributed by atoms with E-state index in [1.165, 1.54) is 17.0 Å². The van der Waals surface area contributed by atoms with E-state index in [0.29, 0.717) is 0 Å². The number of benzene rings is 1. The molecule has 0 aliphatic carbocycles. The minimum Gasteiger partial charge on any atom is -0.312 e. The molecule has 1 aromatic carbocycles. The first-order valence-electron chi connectivity index (χ1n) is 6.80. The summed E-state index contributed by atoms with van der Waals surface area (Å²) in [5.74, 6) is -0.237. The first-order chi connectivity index (χ1) is 9.65. The summed E-state index contributed by atoms with van der Waals surface area (Å²) in [6, 6.07) is 4.75. The lowest BCUT2D eigenvalue weighted by molar-refractivity contribution is 0.627. The fourth-order valence-electron chi connectivity index (χ4n) is 1.97. The lowest BCUT2D eigenvalue weighted by atomic mass is 10.2. The van der Waals surface area contributed by atoms with Gasteiger partial charge in [-0.3, -0.25) is 0 Å². The van der Waals surface area contributed by atoms with Gasteiger partial charge >= 0.3 is 0 Å². The van der Waals surface area contributed by atoms with Crippen molar-refractivity contribution in [3.63, 3.8) is 0 Å². The maximum absolute atomic E-state index is 13.2. The van der Waals surface area contributed by atoms with Gasteiger partial charge in [-0.1, -0.05) is 20.3 Å². The zero-order valence-corrected chi connectivity index (χ0v) is 14.1. The van der Waals surface area contributed by atoms with Crippen LogP contribution in [0, 0.1) is 5.82 Å². The molecule has 20 heavy (non-hydrogen) atoms. The molecule has 0 aliphatic rings. The second-order valence-corrected chi connectivity index (χ2v) is 6.48. The van der Waals surface area contributed by atoms with Gasteiger partial charge in [0.2, 0.25) is 0 Å². The molecule has 0 spiro atoms. The summed E-state index contributed by atoms with van der Waals surface area (Å²) in [4.78, 5) is 6.02. The topological polar surface area (TPSA) is 24.9 Å². The van der Waals surface area contributed by atoms with Crippen LogP contribution in [0.15, 0.2) is 22.7 Å². The maximum Gasteiger partial charge on any atom is 0.125 e. The molecule has 1 N–H and O–H groups in total. The van der Waals surface area contributed by atoms with Gasteiger partial charge in [-0.25, -0.2) is 9.37 Å². The van der Waals surface area contributed by atoms with Gasteiger partial charge in [-0.15, -0.1) is 11.3 Å². The summed E-state index contributed by atoms with van der Waals surface area (Å²) < 4.78 is 13.9. The van der Waals surface area contributed by atoms with E-state index >= 15 is 0 Å². The summed E-state index contributed by atoms with van der Waals surface area (Å²) in [6.45, 7) is 6.04. The largest absolute Gasteiger partial charge is 0.312 e. The molecule has 2 aromatic rings. The zero-order chi connectivity index (χ0) is 14.5. The Bertz CT molecular complexity index is 583. The van der Waals surface area contributed by atoms with Crippen LogP contribution in [0.4, 0.5) is 4.39 Å². The second kappa shape index (κ2) is 7.29. The second-order valence-electron chi connectivity index (χ2n) is 4.54. The summed E-state index contributed by atoms with van der Waals surface area (Å²) in [7, 11) is 0.